The van der Waals surface area contributed by atoms with Crippen LogP contribution in [-0.4, -0.2) is 56.5 Å². The Morgan fingerprint density at radius 2 is 1.90 bits per heavy atom. The van der Waals surface area contributed by atoms with E-state index in [-0.39, 0.29) is 36.2 Å². The summed E-state index contributed by atoms with van der Waals surface area (Å²) in [5.41, 5.74) is 7.18. The van der Waals surface area contributed by atoms with Gasteiger partial charge in [-0.25, -0.2) is 5.14 Å². The molecule has 1 heterocycles. The molecule has 4 N–H and O–H groups in total. The van der Waals surface area contributed by atoms with Crippen LogP contribution in [0.5, 0.6) is 0 Å². The zero-order chi connectivity index (χ0) is 15.0. The van der Waals surface area contributed by atoms with Crippen molar-refractivity contribution >= 4 is 45.5 Å². The monoisotopic (exact) mass is 325 g/mol. The Bertz CT molecular complexity index is 593. The summed E-state index contributed by atoms with van der Waals surface area (Å²) in [5.74, 6) is -0.862. The van der Waals surface area contributed by atoms with E-state index in [1.165, 1.54) is 0 Å². The second-order valence-corrected chi connectivity index (χ2v) is 6.22. The van der Waals surface area contributed by atoms with Crippen molar-refractivity contribution in [2.24, 2.45) is 5.14 Å². The zero-order valence-electron chi connectivity index (χ0n) is 12.3. The average Bonchev–Trinajstić information content (AvgIpc) is 2.62. The quantitative estimate of drug-likeness (QED) is 0.608. The fourth-order valence-corrected chi connectivity index (χ4v) is 2.48. The Hall–Kier alpha value is -0.190. The minimum atomic E-state index is -4.03. The Morgan fingerprint density at radius 1 is 1.29 bits per heavy atom. The summed E-state index contributed by atoms with van der Waals surface area (Å²) in [4.78, 5) is 0. The van der Waals surface area contributed by atoms with Crippen LogP contribution in [0, 0.1) is 0 Å². The van der Waals surface area contributed by atoms with Crippen LogP contribution in [0.1, 0.15) is 25.5 Å². The predicted molar refractivity (Wildman–Crippen MR) is 78.4 cm³/mol. The molecule has 9 heteroatoms. The number of ether oxygens (including phenoxy) is 2. The van der Waals surface area contributed by atoms with Gasteiger partial charge in [0.25, 0.3) is 0 Å². The van der Waals surface area contributed by atoms with Crippen molar-refractivity contribution < 1.29 is 22.1 Å². The first-order valence-electron chi connectivity index (χ1n) is 6.05. The second-order valence-electron chi connectivity index (χ2n) is 5.00. The molecule has 0 saturated carbocycles. The van der Waals surface area contributed by atoms with Gasteiger partial charge in [-0.1, -0.05) is 18.2 Å². The summed E-state index contributed by atoms with van der Waals surface area (Å²) in [6, 6.07) is 7.16. The van der Waals surface area contributed by atoms with Crippen molar-refractivity contribution in [3.05, 3.63) is 29.8 Å². The zero-order valence-corrected chi connectivity index (χ0v) is 15.1. The van der Waals surface area contributed by atoms with E-state index in [2.05, 4.69) is 4.18 Å². The van der Waals surface area contributed by atoms with Gasteiger partial charge in [-0.2, -0.15) is 8.42 Å². The molecule has 0 aromatic heterocycles. The summed E-state index contributed by atoms with van der Waals surface area (Å²) in [7, 11) is -4.03. The van der Waals surface area contributed by atoms with Gasteiger partial charge in [0.2, 0.25) is 0 Å². The van der Waals surface area contributed by atoms with E-state index < -0.39 is 28.3 Å². The summed E-state index contributed by atoms with van der Waals surface area (Å²) < 4.78 is 37.8. The molecular weight excluding hydrogens is 307 g/mol. The first-order valence-corrected chi connectivity index (χ1v) is 7.52. The van der Waals surface area contributed by atoms with Gasteiger partial charge < -0.3 is 15.2 Å². The van der Waals surface area contributed by atoms with Crippen LogP contribution in [-0.2, 0) is 24.0 Å². The van der Waals surface area contributed by atoms with Gasteiger partial charge in [0.05, 0.1) is 6.61 Å². The van der Waals surface area contributed by atoms with Gasteiger partial charge in [0.1, 0.15) is 12.2 Å². The standard InChI is InChI=1S/C12H18N2O5S.Na/c1-12(2)18-10(7-17-20(14,15)16)11(19-12)8-5-3-4-6-9(8)13;/h3-6,10-11H,7,13H2,1-2H3,(H2,14,15,16);/t10-,11-;/m0./s1. The minimum Gasteiger partial charge on any atom is -0.398 e. The van der Waals surface area contributed by atoms with E-state index in [1.54, 1.807) is 32.0 Å². The molecule has 2 atom stereocenters. The average molecular weight is 325 g/mol. The minimum absolute atomic E-state index is 0. The number of rotatable bonds is 4. The number of nitrogens with two attached hydrogens (primary N) is 2. The first-order chi connectivity index (χ1) is 9.18. The van der Waals surface area contributed by atoms with Gasteiger partial charge in [0, 0.05) is 40.8 Å². The first kappa shape index (κ1) is 18.9. The number of nitrogen functional groups attached to an aromatic ring is 1. The largest absolute Gasteiger partial charge is 0.398 e. The third-order valence-electron chi connectivity index (χ3n) is 2.88. The molecule has 2 rings (SSSR count). The molecule has 1 fully saturated rings. The number of benzene rings is 1. The van der Waals surface area contributed by atoms with E-state index in [4.69, 9.17) is 20.3 Å². The molecule has 21 heavy (non-hydrogen) atoms. The Balaban J connectivity index is 0.00000220. The summed E-state index contributed by atoms with van der Waals surface area (Å²) in [6.07, 6.45) is -1.14. The molecule has 1 aromatic rings. The molecule has 1 saturated heterocycles. The van der Waals surface area contributed by atoms with Crippen molar-refractivity contribution in [2.45, 2.75) is 31.8 Å². The fraction of sp³-hybridized carbons (Fsp3) is 0.500. The van der Waals surface area contributed by atoms with Crippen molar-refractivity contribution in [3.63, 3.8) is 0 Å². The Labute approximate surface area is 146 Å². The van der Waals surface area contributed by atoms with Gasteiger partial charge >= 0.3 is 10.3 Å². The third-order valence-corrected chi connectivity index (χ3v) is 3.35. The van der Waals surface area contributed by atoms with Crippen LogP contribution in [0.15, 0.2) is 24.3 Å². The number of para-hydroxylation sites is 1. The Kier molecular flexibility index (Phi) is 6.22. The predicted octanol–water partition coefficient (Wildman–Crippen LogP) is 0.301. The van der Waals surface area contributed by atoms with Gasteiger partial charge in [0.15, 0.2) is 5.79 Å². The number of hydrogen-bond acceptors (Lipinski definition) is 6. The maximum Gasteiger partial charge on any atom is 0.333 e. The smallest absolute Gasteiger partial charge is 0.333 e. The molecule has 1 aromatic carbocycles. The molecule has 0 spiro atoms. The molecule has 0 unspecified atom stereocenters. The molecule has 0 amide bonds. The van der Waals surface area contributed by atoms with Crippen molar-refractivity contribution in [2.75, 3.05) is 12.3 Å². The molecule has 7 nitrogen and oxygen atoms in total. The summed E-state index contributed by atoms with van der Waals surface area (Å²) in [6.45, 7) is 3.23. The molecular formula is C12H18N2NaO5S. The van der Waals surface area contributed by atoms with E-state index in [0.29, 0.717) is 5.69 Å². The third kappa shape index (κ3) is 5.19. The van der Waals surface area contributed by atoms with Crippen molar-refractivity contribution in [3.8, 4) is 0 Å². The fourth-order valence-electron chi connectivity index (χ4n) is 2.15. The molecule has 1 radical (unpaired) electrons. The van der Waals surface area contributed by atoms with Gasteiger partial charge in [-0.15, -0.1) is 0 Å². The maximum atomic E-state index is 10.9. The molecule has 113 valence electrons. The normalized spacial score (nSPS) is 24.5. The van der Waals surface area contributed by atoms with Crippen LogP contribution in [0.4, 0.5) is 5.69 Å². The van der Waals surface area contributed by atoms with Crippen LogP contribution in [0.25, 0.3) is 0 Å². The molecule has 1 aliphatic rings. The molecule has 0 aliphatic carbocycles. The summed E-state index contributed by atoms with van der Waals surface area (Å²) >= 11 is 0. The van der Waals surface area contributed by atoms with E-state index >= 15 is 0 Å². The molecule has 1 aliphatic heterocycles. The Morgan fingerprint density at radius 3 is 2.48 bits per heavy atom. The maximum absolute atomic E-state index is 10.9. The van der Waals surface area contributed by atoms with E-state index in [1.807, 2.05) is 6.07 Å². The number of anilines is 1. The number of hydrogen-bond donors (Lipinski definition) is 2. The van der Waals surface area contributed by atoms with Crippen LogP contribution in [0.3, 0.4) is 0 Å². The van der Waals surface area contributed by atoms with Gasteiger partial charge in [-0.3, -0.25) is 4.18 Å². The van der Waals surface area contributed by atoms with E-state index in [9.17, 15) is 8.42 Å². The van der Waals surface area contributed by atoms with Crippen molar-refractivity contribution in [1.29, 1.82) is 0 Å². The topological polar surface area (TPSA) is 114 Å². The van der Waals surface area contributed by atoms with Crippen molar-refractivity contribution in [1.82, 2.24) is 0 Å². The van der Waals surface area contributed by atoms with Crippen LogP contribution < -0.4 is 10.9 Å². The van der Waals surface area contributed by atoms with Crippen LogP contribution in [0.2, 0.25) is 0 Å². The molecule has 0 bridgehead atoms. The van der Waals surface area contributed by atoms with Crippen LogP contribution >= 0.6 is 0 Å². The van der Waals surface area contributed by atoms with Gasteiger partial charge in [-0.05, 0) is 19.9 Å². The van der Waals surface area contributed by atoms with E-state index in [0.717, 1.165) is 5.56 Å². The second kappa shape index (κ2) is 6.93. The SMILES string of the molecule is CC1(C)O[C@@H](COS(N)(=O)=O)[C@H](c2ccccc2N)O1.[Na]. The summed E-state index contributed by atoms with van der Waals surface area (Å²) in [5, 5.41) is 4.82.